The van der Waals surface area contributed by atoms with E-state index >= 15 is 0 Å². The predicted octanol–water partition coefficient (Wildman–Crippen LogP) is 2.27. The molecule has 1 aromatic carbocycles. The molecule has 1 saturated carbocycles. The SMILES string of the molecule is Oc1cccc2c1CCC2NC1CCCC(O)C1. The lowest BCUT2D eigenvalue weighted by Crippen LogP contribution is -2.37. The van der Waals surface area contributed by atoms with Crippen LogP contribution < -0.4 is 5.32 Å². The van der Waals surface area contributed by atoms with Crippen molar-refractivity contribution >= 4 is 0 Å². The maximum absolute atomic E-state index is 9.83. The van der Waals surface area contributed by atoms with E-state index in [2.05, 4.69) is 11.4 Å². The van der Waals surface area contributed by atoms with Crippen molar-refractivity contribution in [3.8, 4) is 5.75 Å². The topological polar surface area (TPSA) is 52.5 Å². The molecule has 0 spiro atoms. The van der Waals surface area contributed by atoms with Gasteiger partial charge in [0.2, 0.25) is 0 Å². The van der Waals surface area contributed by atoms with Crippen molar-refractivity contribution in [2.45, 2.75) is 56.7 Å². The third-order valence-electron chi connectivity index (χ3n) is 4.33. The van der Waals surface area contributed by atoms with Crippen LogP contribution in [0.3, 0.4) is 0 Å². The van der Waals surface area contributed by atoms with Crippen LogP contribution in [0, 0.1) is 0 Å². The van der Waals surface area contributed by atoms with Crippen molar-refractivity contribution in [1.82, 2.24) is 5.32 Å². The highest BCUT2D eigenvalue weighted by Crippen LogP contribution is 2.37. The van der Waals surface area contributed by atoms with E-state index in [0.29, 0.717) is 17.8 Å². The van der Waals surface area contributed by atoms with E-state index in [-0.39, 0.29) is 6.10 Å². The van der Waals surface area contributed by atoms with E-state index in [9.17, 15) is 10.2 Å². The molecule has 1 fully saturated rings. The largest absolute Gasteiger partial charge is 0.508 e. The summed E-state index contributed by atoms with van der Waals surface area (Å²) >= 11 is 0. The van der Waals surface area contributed by atoms with Gasteiger partial charge in [-0.25, -0.2) is 0 Å². The fourth-order valence-corrected chi connectivity index (χ4v) is 3.41. The van der Waals surface area contributed by atoms with Crippen LogP contribution in [0.4, 0.5) is 0 Å². The molecule has 0 amide bonds. The van der Waals surface area contributed by atoms with Gasteiger partial charge in [0.25, 0.3) is 0 Å². The molecule has 98 valence electrons. The second-order valence-electron chi connectivity index (χ2n) is 5.62. The number of benzene rings is 1. The highest BCUT2D eigenvalue weighted by Gasteiger charge is 2.28. The van der Waals surface area contributed by atoms with Gasteiger partial charge in [0.1, 0.15) is 5.75 Å². The molecule has 3 nitrogen and oxygen atoms in total. The summed E-state index contributed by atoms with van der Waals surface area (Å²) in [5.41, 5.74) is 2.35. The third-order valence-corrected chi connectivity index (χ3v) is 4.33. The molecule has 0 aromatic heterocycles. The first-order valence-electron chi connectivity index (χ1n) is 6.99. The van der Waals surface area contributed by atoms with Crippen molar-refractivity contribution in [1.29, 1.82) is 0 Å². The van der Waals surface area contributed by atoms with Crippen molar-refractivity contribution in [2.24, 2.45) is 0 Å². The lowest BCUT2D eigenvalue weighted by molar-refractivity contribution is 0.108. The van der Waals surface area contributed by atoms with E-state index in [4.69, 9.17) is 0 Å². The smallest absolute Gasteiger partial charge is 0.119 e. The molecule has 3 heteroatoms. The number of phenols is 1. The van der Waals surface area contributed by atoms with Gasteiger partial charge in [-0.15, -0.1) is 0 Å². The Hall–Kier alpha value is -1.06. The molecule has 1 aromatic rings. The number of nitrogens with one attached hydrogen (secondary N) is 1. The summed E-state index contributed by atoms with van der Waals surface area (Å²) in [4.78, 5) is 0. The van der Waals surface area contributed by atoms with Gasteiger partial charge in [0.15, 0.2) is 0 Å². The molecule has 0 aliphatic heterocycles. The van der Waals surface area contributed by atoms with Gasteiger partial charge in [-0.2, -0.15) is 0 Å². The molecule has 3 unspecified atom stereocenters. The Kier molecular flexibility index (Phi) is 3.27. The molecule has 0 bridgehead atoms. The molecule has 0 radical (unpaired) electrons. The average Bonchev–Trinajstić information content (AvgIpc) is 2.74. The van der Waals surface area contributed by atoms with Crippen molar-refractivity contribution in [3.63, 3.8) is 0 Å². The second kappa shape index (κ2) is 4.90. The minimum Gasteiger partial charge on any atom is -0.508 e. The molecule has 2 aliphatic carbocycles. The first-order valence-corrected chi connectivity index (χ1v) is 6.99. The lowest BCUT2D eigenvalue weighted by atomic mass is 9.92. The molecular weight excluding hydrogens is 226 g/mol. The van der Waals surface area contributed by atoms with Gasteiger partial charge in [-0.05, 0) is 55.7 Å². The summed E-state index contributed by atoms with van der Waals surface area (Å²) in [7, 11) is 0. The van der Waals surface area contributed by atoms with Crippen LogP contribution in [0.2, 0.25) is 0 Å². The van der Waals surface area contributed by atoms with Gasteiger partial charge in [-0.3, -0.25) is 0 Å². The number of phenolic OH excluding ortho intramolecular Hbond substituents is 1. The summed E-state index contributed by atoms with van der Waals surface area (Å²) < 4.78 is 0. The van der Waals surface area contributed by atoms with E-state index in [0.717, 1.165) is 44.1 Å². The fourth-order valence-electron chi connectivity index (χ4n) is 3.41. The zero-order chi connectivity index (χ0) is 12.5. The Labute approximate surface area is 108 Å². The molecule has 0 heterocycles. The first kappa shape index (κ1) is 12.0. The number of aromatic hydroxyl groups is 1. The summed E-state index contributed by atoms with van der Waals surface area (Å²) in [6, 6.07) is 6.57. The Morgan fingerprint density at radius 2 is 2.06 bits per heavy atom. The Morgan fingerprint density at radius 1 is 1.17 bits per heavy atom. The minimum absolute atomic E-state index is 0.138. The number of fused-ring (bicyclic) bond motifs is 1. The standard InChI is InChI=1S/C15H21NO2/c17-11-4-1-3-10(9-11)16-14-8-7-13-12(14)5-2-6-15(13)18/h2,5-6,10-11,14,16-18H,1,3-4,7-9H2. The minimum atomic E-state index is -0.138. The third kappa shape index (κ3) is 2.25. The van der Waals surface area contributed by atoms with E-state index in [1.165, 1.54) is 5.56 Å². The molecule has 3 N–H and O–H groups in total. The number of rotatable bonds is 2. The van der Waals surface area contributed by atoms with Crippen molar-refractivity contribution in [2.75, 3.05) is 0 Å². The van der Waals surface area contributed by atoms with Gasteiger partial charge < -0.3 is 15.5 Å². The number of aliphatic hydroxyl groups is 1. The first-order chi connectivity index (χ1) is 8.74. The maximum Gasteiger partial charge on any atom is 0.119 e. The zero-order valence-corrected chi connectivity index (χ0v) is 10.6. The number of aliphatic hydroxyl groups excluding tert-OH is 1. The normalized spacial score (nSPS) is 31.3. The summed E-state index contributed by atoms with van der Waals surface area (Å²) in [5, 5.41) is 23.2. The van der Waals surface area contributed by atoms with Crippen LogP contribution in [0.15, 0.2) is 18.2 Å². The second-order valence-corrected chi connectivity index (χ2v) is 5.62. The molecule has 0 saturated heterocycles. The van der Waals surface area contributed by atoms with E-state index in [1.54, 1.807) is 6.07 Å². The van der Waals surface area contributed by atoms with Crippen LogP contribution in [0.1, 0.15) is 49.3 Å². The van der Waals surface area contributed by atoms with Gasteiger partial charge in [0, 0.05) is 12.1 Å². The Balaban J connectivity index is 1.71. The maximum atomic E-state index is 9.83. The highest BCUT2D eigenvalue weighted by atomic mass is 16.3. The van der Waals surface area contributed by atoms with Crippen LogP contribution in [-0.4, -0.2) is 22.4 Å². The highest BCUT2D eigenvalue weighted by molar-refractivity contribution is 5.44. The van der Waals surface area contributed by atoms with Gasteiger partial charge in [0.05, 0.1) is 6.10 Å². The summed E-state index contributed by atoms with van der Waals surface area (Å²) in [5.74, 6) is 0.431. The van der Waals surface area contributed by atoms with Crippen LogP contribution in [-0.2, 0) is 6.42 Å². The monoisotopic (exact) mass is 247 g/mol. The number of hydrogen-bond donors (Lipinski definition) is 3. The van der Waals surface area contributed by atoms with Crippen molar-refractivity contribution in [3.05, 3.63) is 29.3 Å². The summed E-state index contributed by atoms with van der Waals surface area (Å²) in [6.07, 6.45) is 5.95. The Morgan fingerprint density at radius 3 is 2.89 bits per heavy atom. The zero-order valence-electron chi connectivity index (χ0n) is 10.6. The van der Waals surface area contributed by atoms with Crippen molar-refractivity contribution < 1.29 is 10.2 Å². The van der Waals surface area contributed by atoms with Crippen LogP contribution in [0.5, 0.6) is 5.75 Å². The molecule has 2 aliphatic rings. The molecule has 3 rings (SSSR count). The Bertz CT molecular complexity index is 433. The number of hydrogen-bond acceptors (Lipinski definition) is 3. The predicted molar refractivity (Wildman–Crippen MR) is 70.6 cm³/mol. The summed E-state index contributed by atoms with van der Waals surface area (Å²) in [6.45, 7) is 0. The quantitative estimate of drug-likeness (QED) is 0.751. The molecule has 18 heavy (non-hydrogen) atoms. The van der Waals surface area contributed by atoms with Crippen LogP contribution in [0.25, 0.3) is 0 Å². The van der Waals surface area contributed by atoms with E-state index < -0.39 is 0 Å². The van der Waals surface area contributed by atoms with Gasteiger partial charge >= 0.3 is 0 Å². The molecule has 3 atom stereocenters. The van der Waals surface area contributed by atoms with Gasteiger partial charge in [-0.1, -0.05) is 12.1 Å². The van der Waals surface area contributed by atoms with Crippen LogP contribution >= 0.6 is 0 Å². The molecular formula is C15H21NO2. The fraction of sp³-hybridized carbons (Fsp3) is 0.600. The van der Waals surface area contributed by atoms with E-state index in [1.807, 2.05) is 6.07 Å². The lowest BCUT2D eigenvalue weighted by Gasteiger charge is -2.29. The average molecular weight is 247 g/mol.